The first kappa shape index (κ1) is 14.7. The molecular weight excluding hydrogens is 254 g/mol. The maximum atomic E-state index is 10.8. The number of benzene rings is 1. The minimum atomic E-state index is -0.551. The van der Waals surface area contributed by atoms with Gasteiger partial charge < -0.3 is 21.1 Å². The van der Waals surface area contributed by atoms with Gasteiger partial charge in [0.05, 0.1) is 6.10 Å². The average Bonchev–Trinajstić information content (AvgIpc) is 2.39. The van der Waals surface area contributed by atoms with Gasteiger partial charge in [-0.25, -0.2) is 4.79 Å². The summed E-state index contributed by atoms with van der Waals surface area (Å²) in [5.74, 6) is 0. The lowest BCUT2D eigenvalue weighted by molar-refractivity contribution is -0.0975. The highest BCUT2D eigenvalue weighted by molar-refractivity contribution is 5.87. The van der Waals surface area contributed by atoms with Gasteiger partial charge in [-0.1, -0.05) is 13.8 Å². The summed E-state index contributed by atoms with van der Waals surface area (Å²) in [7, 11) is 0. The predicted octanol–water partition coefficient (Wildman–Crippen LogP) is 2.79. The lowest BCUT2D eigenvalue weighted by atomic mass is 9.64. The molecule has 2 atom stereocenters. The Balaban J connectivity index is 1.93. The van der Waals surface area contributed by atoms with Crippen molar-refractivity contribution >= 4 is 17.4 Å². The summed E-state index contributed by atoms with van der Waals surface area (Å²) >= 11 is 0. The van der Waals surface area contributed by atoms with Gasteiger partial charge in [-0.15, -0.1) is 0 Å². The number of nitrogens with one attached hydrogen (secondary N) is 2. The smallest absolute Gasteiger partial charge is 0.316 e. The zero-order valence-electron chi connectivity index (χ0n) is 12.3. The van der Waals surface area contributed by atoms with Crippen LogP contribution in [0.15, 0.2) is 24.3 Å². The van der Waals surface area contributed by atoms with Crippen LogP contribution in [0.5, 0.6) is 0 Å². The lowest BCUT2D eigenvalue weighted by Crippen LogP contribution is -2.58. The number of carbonyl (C=O) groups is 1. The first-order chi connectivity index (χ1) is 9.43. The summed E-state index contributed by atoms with van der Waals surface area (Å²) in [6, 6.07) is 7.39. The minimum Gasteiger partial charge on any atom is -0.382 e. The van der Waals surface area contributed by atoms with Crippen LogP contribution in [0, 0.1) is 5.41 Å². The van der Waals surface area contributed by atoms with Crippen molar-refractivity contribution in [2.75, 3.05) is 17.2 Å². The number of hydrogen-bond acceptors (Lipinski definition) is 3. The molecule has 1 fully saturated rings. The average molecular weight is 277 g/mol. The molecule has 5 heteroatoms. The molecule has 2 amide bonds. The summed E-state index contributed by atoms with van der Waals surface area (Å²) in [4.78, 5) is 10.8. The normalized spacial score (nSPS) is 23.8. The number of primary amides is 1. The van der Waals surface area contributed by atoms with Crippen molar-refractivity contribution in [2.45, 2.75) is 39.3 Å². The fourth-order valence-electron chi connectivity index (χ4n) is 2.61. The van der Waals surface area contributed by atoms with Gasteiger partial charge in [0.15, 0.2) is 0 Å². The molecule has 1 saturated carbocycles. The van der Waals surface area contributed by atoms with E-state index in [1.54, 1.807) is 0 Å². The van der Waals surface area contributed by atoms with Crippen molar-refractivity contribution in [3.8, 4) is 0 Å². The number of anilines is 2. The molecule has 0 radical (unpaired) electrons. The van der Waals surface area contributed by atoms with Crippen molar-refractivity contribution in [1.29, 1.82) is 0 Å². The van der Waals surface area contributed by atoms with Crippen LogP contribution in [-0.2, 0) is 4.74 Å². The van der Waals surface area contributed by atoms with E-state index in [0.29, 0.717) is 17.8 Å². The molecule has 0 aromatic heterocycles. The Morgan fingerprint density at radius 1 is 1.35 bits per heavy atom. The standard InChI is InChI=1S/C15H23N3O2/c1-4-20-13-9-12(15(13,2)3)17-10-5-7-11(8-6-10)18-14(16)19/h5-8,12-13,17H,4,9H2,1-3H3,(H3,16,18,19). The van der Waals surface area contributed by atoms with Gasteiger partial charge in [-0.3, -0.25) is 0 Å². The summed E-state index contributed by atoms with van der Waals surface area (Å²) in [6.45, 7) is 7.23. The highest BCUT2D eigenvalue weighted by Gasteiger charge is 2.48. The van der Waals surface area contributed by atoms with Crippen molar-refractivity contribution in [2.24, 2.45) is 11.1 Å². The van der Waals surface area contributed by atoms with E-state index in [1.807, 2.05) is 31.2 Å². The van der Waals surface area contributed by atoms with E-state index in [9.17, 15) is 4.79 Å². The molecule has 110 valence electrons. The first-order valence-electron chi connectivity index (χ1n) is 6.98. The van der Waals surface area contributed by atoms with Gasteiger partial charge >= 0.3 is 6.03 Å². The van der Waals surface area contributed by atoms with Crippen molar-refractivity contribution in [3.63, 3.8) is 0 Å². The Morgan fingerprint density at radius 2 is 1.95 bits per heavy atom. The van der Waals surface area contributed by atoms with Crippen LogP contribution in [0.3, 0.4) is 0 Å². The molecule has 1 aromatic carbocycles. The third kappa shape index (κ3) is 3.04. The first-order valence-corrected chi connectivity index (χ1v) is 6.98. The molecule has 0 spiro atoms. The van der Waals surface area contributed by atoms with E-state index in [2.05, 4.69) is 24.5 Å². The van der Waals surface area contributed by atoms with Crippen LogP contribution < -0.4 is 16.4 Å². The van der Waals surface area contributed by atoms with E-state index >= 15 is 0 Å². The van der Waals surface area contributed by atoms with Crippen LogP contribution >= 0.6 is 0 Å². The SMILES string of the molecule is CCOC1CC(Nc2ccc(NC(N)=O)cc2)C1(C)C. The second-order valence-corrected chi connectivity index (χ2v) is 5.76. The quantitative estimate of drug-likeness (QED) is 0.774. The number of amides is 2. The van der Waals surface area contributed by atoms with Crippen molar-refractivity contribution in [1.82, 2.24) is 0 Å². The second-order valence-electron chi connectivity index (χ2n) is 5.76. The molecule has 0 saturated heterocycles. The molecule has 0 heterocycles. The molecule has 1 aliphatic rings. The van der Waals surface area contributed by atoms with Crippen LogP contribution in [0.4, 0.5) is 16.2 Å². The number of ether oxygens (including phenoxy) is 1. The summed E-state index contributed by atoms with van der Waals surface area (Å²) < 4.78 is 5.72. The Bertz CT molecular complexity index is 471. The Labute approximate surface area is 119 Å². The van der Waals surface area contributed by atoms with Crippen LogP contribution in [0.1, 0.15) is 27.2 Å². The van der Waals surface area contributed by atoms with E-state index in [-0.39, 0.29) is 5.41 Å². The molecule has 1 aromatic rings. The summed E-state index contributed by atoms with van der Waals surface area (Å²) in [6.07, 6.45) is 1.34. The molecule has 2 rings (SSSR count). The Kier molecular flexibility index (Phi) is 4.18. The number of nitrogens with two attached hydrogens (primary N) is 1. The number of hydrogen-bond donors (Lipinski definition) is 3. The Hall–Kier alpha value is -1.75. The fraction of sp³-hybridized carbons (Fsp3) is 0.533. The van der Waals surface area contributed by atoms with Gasteiger partial charge in [-0.05, 0) is 37.6 Å². The van der Waals surface area contributed by atoms with Gasteiger partial charge in [0, 0.05) is 29.4 Å². The van der Waals surface area contributed by atoms with E-state index in [4.69, 9.17) is 10.5 Å². The number of urea groups is 1. The zero-order valence-corrected chi connectivity index (χ0v) is 12.3. The lowest BCUT2D eigenvalue weighted by Gasteiger charge is -2.52. The van der Waals surface area contributed by atoms with Crippen molar-refractivity contribution in [3.05, 3.63) is 24.3 Å². The Morgan fingerprint density at radius 3 is 2.45 bits per heavy atom. The van der Waals surface area contributed by atoms with E-state index < -0.39 is 6.03 Å². The van der Waals surface area contributed by atoms with Crippen LogP contribution in [-0.4, -0.2) is 24.8 Å². The molecule has 0 aliphatic heterocycles. The molecule has 20 heavy (non-hydrogen) atoms. The topological polar surface area (TPSA) is 76.4 Å². The molecule has 4 N–H and O–H groups in total. The van der Waals surface area contributed by atoms with Crippen LogP contribution in [0.25, 0.3) is 0 Å². The largest absolute Gasteiger partial charge is 0.382 e. The summed E-state index contributed by atoms with van der Waals surface area (Å²) in [5.41, 5.74) is 6.93. The minimum absolute atomic E-state index is 0.125. The maximum Gasteiger partial charge on any atom is 0.316 e. The molecule has 2 unspecified atom stereocenters. The molecular formula is C15H23N3O2. The van der Waals surface area contributed by atoms with E-state index in [0.717, 1.165) is 18.7 Å². The molecule has 5 nitrogen and oxygen atoms in total. The third-order valence-corrected chi connectivity index (χ3v) is 4.04. The van der Waals surface area contributed by atoms with Gasteiger partial charge in [0.25, 0.3) is 0 Å². The van der Waals surface area contributed by atoms with Gasteiger partial charge in [0.1, 0.15) is 0 Å². The monoisotopic (exact) mass is 277 g/mol. The highest BCUT2D eigenvalue weighted by Crippen LogP contribution is 2.44. The van der Waals surface area contributed by atoms with Gasteiger partial charge in [0.2, 0.25) is 0 Å². The fourth-order valence-corrected chi connectivity index (χ4v) is 2.61. The van der Waals surface area contributed by atoms with Gasteiger partial charge in [-0.2, -0.15) is 0 Å². The number of rotatable bonds is 5. The zero-order chi connectivity index (χ0) is 14.8. The van der Waals surface area contributed by atoms with E-state index in [1.165, 1.54) is 0 Å². The summed E-state index contributed by atoms with van der Waals surface area (Å²) in [5, 5.41) is 6.06. The molecule has 1 aliphatic carbocycles. The molecule has 0 bridgehead atoms. The maximum absolute atomic E-state index is 10.8. The third-order valence-electron chi connectivity index (χ3n) is 4.04. The van der Waals surface area contributed by atoms with Crippen molar-refractivity contribution < 1.29 is 9.53 Å². The van der Waals surface area contributed by atoms with Crippen LogP contribution in [0.2, 0.25) is 0 Å². The highest BCUT2D eigenvalue weighted by atomic mass is 16.5. The number of carbonyl (C=O) groups excluding carboxylic acids is 1. The predicted molar refractivity (Wildman–Crippen MR) is 80.9 cm³/mol. The second kappa shape index (κ2) is 5.71.